The highest BCUT2D eigenvalue weighted by molar-refractivity contribution is 7.92. The van der Waals surface area contributed by atoms with Crippen molar-refractivity contribution in [3.05, 3.63) is 59.7 Å². The topological polar surface area (TPSA) is 119 Å². The summed E-state index contributed by atoms with van der Waals surface area (Å²) in [7, 11) is -3.71. The Bertz CT molecular complexity index is 1290. The summed E-state index contributed by atoms with van der Waals surface area (Å²) in [4.78, 5) is 13.8. The molecule has 0 unspecified atom stereocenters. The van der Waals surface area contributed by atoms with Gasteiger partial charge >= 0.3 is 18.4 Å². The van der Waals surface area contributed by atoms with Gasteiger partial charge in [0, 0.05) is 24.3 Å². The van der Waals surface area contributed by atoms with Gasteiger partial charge in [-0.3, -0.25) is 4.90 Å². The van der Waals surface area contributed by atoms with Crippen LogP contribution in [-0.4, -0.2) is 72.4 Å². The van der Waals surface area contributed by atoms with Crippen LogP contribution in [0.5, 0.6) is 0 Å². The third kappa shape index (κ3) is 7.70. The Labute approximate surface area is 233 Å². The van der Waals surface area contributed by atoms with E-state index in [1.807, 2.05) is 4.90 Å². The van der Waals surface area contributed by atoms with E-state index in [9.17, 15) is 49.8 Å². The normalized spacial score (nSPS) is 16.4. The van der Waals surface area contributed by atoms with Crippen LogP contribution < -0.4 is 10.6 Å². The van der Waals surface area contributed by atoms with Crippen molar-refractivity contribution in [3.8, 4) is 0 Å². The van der Waals surface area contributed by atoms with Crippen LogP contribution in [0.15, 0.2) is 53.4 Å². The predicted octanol–water partition coefficient (Wildman–Crippen LogP) is 4.33. The van der Waals surface area contributed by atoms with Gasteiger partial charge < -0.3 is 20.8 Å². The molecular formula is C26H31F6N3O5S. The number of piperidine rings is 1. The first kappa shape index (κ1) is 32.6. The fraction of sp³-hybridized carbons (Fsp3) is 0.500. The van der Waals surface area contributed by atoms with E-state index in [4.69, 9.17) is 0 Å². The van der Waals surface area contributed by atoms with Crippen molar-refractivity contribution in [2.45, 2.75) is 66.9 Å². The summed E-state index contributed by atoms with van der Waals surface area (Å²) >= 11 is 0. The van der Waals surface area contributed by atoms with Gasteiger partial charge in [-0.2, -0.15) is 26.3 Å². The third-order valence-electron chi connectivity index (χ3n) is 6.69. The van der Waals surface area contributed by atoms with Crippen LogP contribution in [0.2, 0.25) is 0 Å². The second-order valence-corrected chi connectivity index (χ2v) is 12.8. The number of aliphatic hydroxyl groups is 2. The lowest BCUT2D eigenvalue weighted by Gasteiger charge is -2.33. The molecule has 228 valence electrons. The van der Waals surface area contributed by atoms with Crippen LogP contribution in [0.25, 0.3) is 0 Å². The van der Waals surface area contributed by atoms with E-state index in [1.54, 1.807) is 0 Å². The minimum atomic E-state index is -5.97. The molecule has 2 aromatic rings. The summed E-state index contributed by atoms with van der Waals surface area (Å²) < 4.78 is 105. The predicted molar refractivity (Wildman–Crippen MR) is 138 cm³/mol. The Morgan fingerprint density at radius 3 is 1.88 bits per heavy atom. The molecule has 15 heteroatoms. The molecule has 2 aromatic carbocycles. The first-order valence-electron chi connectivity index (χ1n) is 12.5. The zero-order valence-corrected chi connectivity index (χ0v) is 23.0. The van der Waals surface area contributed by atoms with Crippen molar-refractivity contribution < 1.29 is 49.8 Å². The third-order valence-corrected chi connectivity index (χ3v) is 8.97. The molecule has 0 radical (unpaired) electrons. The Balaban J connectivity index is 1.58. The van der Waals surface area contributed by atoms with Gasteiger partial charge in [0.05, 0.1) is 15.7 Å². The molecule has 1 fully saturated rings. The minimum absolute atomic E-state index is 0.00871. The molecule has 1 aliphatic rings. The van der Waals surface area contributed by atoms with E-state index in [0.717, 1.165) is 12.1 Å². The molecule has 0 aliphatic carbocycles. The molecule has 0 aromatic heterocycles. The van der Waals surface area contributed by atoms with Crippen LogP contribution in [-0.2, 0) is 22.0 Å². The molecule has 0 atom stereocenters. The van der Waals surface area contributed by atoms with Crippen molar-refractivity contribution in [1.29, 1.82) is 0 Å². The smallest absolute Gasteiger partial charge is 0.389 e. The first-order chi connectivity index (χ1) is 18.7. The Kier molecular flexibility index (Phi) is 9.38. The summed E-state index contributed by atoms with van der Waals surface area (Å²) in [5, 5.41) is 23.5. The van der Waals surface area contributed by atoms with Crippen LogP contribution in [0.3, 0.4) is 0 Å². The van der Waals surface area contributed by atoms with Crippen molar-refractivity contribution in [2.24, 2.45) is 0 Å². The largest absolute Gasteiger partial charge is 0.430 e. The van der Waals surface area contributed by atoms with Gasteiger partial charge in [0.2, 0.25) is 0 Å². The fourth-order valence-corrected chi connectivity index (χ4v) is 6.10. The van der Waals surface area contributed by atoms with Crippen molar-refractivity contribution in [2.75, 3.05) is 25.0 Å². The van der Waals surface area contributed by atoms with E-state index in [-0.39, 0.29) is 30.8 Å². The molecule has 41 heavy (non-hydrogen) atoms. The average Bonchev–Trinajstić information content (AvgIpc) is 2.86. The number of nitrogens with one attached hydrogen (secondary N) is 2. The monoisotopic (exact) mass is 611 g/mol. The lowest BCUT2D eigenvalue weighted by molar-refractivity contribution is -0.376. The molecule has 1 aliphatic heterocycles. The van der Waals surface area contributed by atoms with Gasteiger partial charge in [-0.15, -0.1) is 0 Å². The van der Waals surface area contributed by atoms with Crippen LogP contribution in [0.1, 0.15) is 37.8 Å². The van der Waals surface area contributed by atoms with Crippen molar-refractivity contribution in [3.63, 3.8) is 0 Å². The molecule has 0 spiro atoms. The Morgan fingerprint density at radius 1 is 0.902 bits per heavy atom. The molecule has 3 rings (SSSR count). The summed E-state index contributed by atoms with van der Waals surface area (Å²) in [6.07, 6.45) is -11.4. The van der Waals surface area contributed by atoms with Crippen LogP contribution in [0.4, 0.5) is 36.8 Å². The number of likely N-dealkylation sites (tertiary alicyclic amines) is 1. The van der Waals surface area contributed by atoms with E-state index >= 15 is 0 Å². The SMILES string of the molecule is CC(C)(O)CNC(=O)Nc1ccc(S(=O)(=O)C2CCN(Cc3ccc(C(O)(C(F)(F)F)C(F)(F)F)cc3)CC2)cc1. The summed E-state index contributed by atoms with van der Waals surface area (Å²) in [6, 6.07) is 8.37. The number of halogens is 6. The number of carbonyl (C=O) groups is 1. The minimum Gasteiger partial charge on any atom is -0.389 e. The summed E-state index contributed by atoms with van der Waals surface area (Å²) in [5.74, 6) is 0. The molecule has 0 bridgehead atoms. The number of anilines is 1. The molecular weight excluding hydrogens is 580 g/mol. The van der Waals surface area contributed by atoms with E-state index in [1.165, 1.54) is 38.1 Å². The number of hydrogen-bond donors (Lipinski definition) is 4. The maximum Gasteiger partial charge on any atom is 0.430 e. The van der Waals surface area contributed by atoms with Gasteiger partial charge in [-0.1, -0.05) is 24.3 Å². The van der Waals surface area contributed by atoms with E-state index in [2.05, 4.69) is 10.6 Å². The highest BCUT2D eigenvalue weighted by Gasteiger charge is 2.71. The van der Waals surface area contributed by atoms with Crippen molar-refractivity contribution in [1.82, 2.24) is 10.2 Å². The number of hydrogen-bond acceptors (Lipinski definition) is 6. The molecule has 1 heterocycles. The van der Waals surface area contributed by atoms with E-state index in [0.29, 0.717) is 36.5 Å². The summed E-state index contributed by atoms with van der Waals surface area (Å²) in [6.45, 7) is 3.87. The maximum absolute atomic E-state index is 13.1. The zero-order chi connectivity index (χ0) is 30.9. The number of carbonyl (C=O) groups excluding carboxylic acids is 1. The second-order valence-electron chi connectivity index (χ2n) is 10.6. The van der Waals surface area contributed by atoms with Gasteiger partial charge in [0.25, 0.3) is 5.60 Å². The lowest BCUT2D eigenvalue weighted by Crippen LogP contribution is -2.53. The molecule has 8 nitrogen and oxygen atoms in total. The Hall–Kier alpha value is -2.88. The highest BCUT2D eigenvalue weighted by atomic mass is 32.2. The van der Waals surface area contributed by atoms with Crippen LogP contribution >= 0.6 is 0 Å². The second kappa shape index (κ2) is 11.8. The zero-order valence-electron chi connectivity index (χ0n) is 22.2. The van der Waals surface area contributed by atoms with Gasteiger partial charge in [0.1, 0.15) is 0 Å². The number of rotatable bonds is 8. The lowest BCUT2D eigenvalue weighted by atomic mass is 9.91. The maximum atomic E-state index is 13.1. The van der Waals surface area contributed by atoms with Crippen LogP contribution in [0, 0.1) is 0 Å². The number of alkyl halides is 6. The fourth-order valence-electron chi connectivity index (χ4n) is 4.37. The quantitative estimate of drug-likeness (QED) is 0.330. The number of sulfone groups is 1. The molecule has 1 saturated heterocycles. The molecule has 0 saturated carbocycles. The highest BCUT2D eigenvalue weighted by Crippen LogP contribution is 2.50. The molecule has 2 amide bonds. The van der Waals surface area contributed by atoms with Gasteiger partial charge in [0.15, 0.2) is 9.84 Å². The van der Waals surface area contributed by atoms with Gasteiger partial charge in [-0.25, -0.2) is 13.2 Å². The molecule has 4 N–H and O–H groups in total. The summed E-state index contributed by atoms with van der Waals surface area (Å²) in [5.41, 5.74) is -6.70. The van der Waals surface area contributed by atoms with E-state index < -0.39 is 50.2 Å². The number of urea groups is 1. The van der Waals surface area contributed by atoms with Gasteiger partial charge in [-0.05, 0) is 69.6 Å². The Morgan fingerprint density at radius 2 is 1.41 bits per heavy atom. The number of benzene rings is 2. The standard InChI is InChI=1S/C26H31F6N3O5S/c1-23(2,37)16-33-22(36)34-19-7-9-20(10-8-19)41(39,40)21-11-13-35(14-12-21)15-17-3-5-18(6-4-17)24(38,25(27,28)29)26(30,31)32/h3-10,21,37-38H,11-16H2,1-2H3,(H2,33,34,36). The number of amides is 2. The number of nitrogens with zero attached hydrogens (tertiary/aromatic N) is 1. The van der Waals surface area contributed by atoms with Crippen molar-refractivity contribution >= 4 is 21.6 Å². The average molecular weight is 612 g/mol. The first-order valence-corrected chi connectivity index (χ1v) is 14.1.